The summed E-state index contributed by atoms with van der Waals surface area (Å²) in [5, 5.41) is 41.1. The number of nitriles is 3. The van der Waals surface area contributed by atoms with Crippen LogP contribution in [-0.2, 0) is 15.9 Å². The molecule has 2 aromatic rings. The van der Waals surface area contributed by atoms with Crippen LogP contribution >= 0.6 is 27.3 Å². The number of hydrogen-bond acceptors (Lipinski definition) is 7. The summed E-state index contributed by atoms with van der Waals surface area (Å²) < 4.78 is 12.9. The van der Waals surface area contributed by atoms with Gasteiger partial charge < -0.3 is 9.47 Å². The van der Waals surface area contributed by atoms with E-state index in [-0.39, 0.29) is 5.90 Å². The summed E-state index contributed by atoms with van der Waals surface area (Å²) in [6.45, 7) is 1.68. The van der Waals surface area contributed by atoms with Crippen LogP contribution in [0.1, 0.15) is 23.5 Å². The van der Waals surface area contributed by atoms with E-state index < -0.39 is 28.6 Å². The lowest BCUT2D eigenvalue weighted by atomic mass is 9.53. The van der Waals surface area contributed by atoms with Crippen LogP contribution in [0.3, 0.4) is 0 Å². The fraction of sp³-hybridized carbons (Fsp3) is 0.333. The average molecular weight is 467 g/mol. The van der Waals surface area contributed by atoms with E-state index in [1.807, 2.05) is 35.7 Å². The molecule has 0 amide bonds. The monoisotopic (exact) mass is 466 g/mol. The van der Waals surface area contributed by atoms with Crippen molar-refractivity contribution in [3.05, 3.63) is 56.7 Å². The highest BCUT2D eigenvalue weighted by atomic mass is 79.9. The van der Waals surface area contributed by atoms with Crippen molar-refractivity contribution in [3.63, 3.8) is 0 Å². The summed E-state index contributed by atoms with van der Waals surface area (Å²) in [4.78, 5) is 0.627. The van der Waals surface area contributed by atoms with Crippen molar-refractivity contribution >= 4 is 33.2 Å². The summed E-state index contributed by atoms with van der Waals surface area (Å²) in [6, 6.07) is 17.5. The molecule has 0 aliphatic carbocycles. The molecule has 144 valence electrons. The number of halogens is 1. The molecule has 3 heterocycles. The van der Waals surface area contributed by atoms with Crippen molar-refractivity contribution in [1.29, 1.82) is 21.2 Å². The molecule has 0 spiro atoms. The molecule has 8 heteroatoms. The van der Waals surface area contributed by atoms with E-state index >= 15 is 0 Å². The lowest BCUT2D eigenvalue weighted by Crippen LogP contribution is -2.59. The molecule has 4 rings (SSSR count). The highest BCUT2D eigenvalue weighted by Gasteiger charge is 2.79. The molecule has 4 atom stereocenters. The van der Waals surface area contributed by atoms with Crippen molar-refractivity contribution in [2.24, 2.45) is 16.7 Å². The second kappa shape index (κ2) is 6.68. The topological polar surface area (TPSA) is 114 Å². The highest BCUT2D eigenvalue weighted by Crippen LogP contribution is 2.67. The molecule has 2 aliphatic rings. The number of benzene rings is 1. The van der Waals surface area contributed by atoms with Gasteiger partial charge in [0, 0.05) is 21.7 Å². The van der Waals surface area contributed by atoms with Crippen molar-refractivity contribution in [2.45, 2.75) is 25.2 Å². The SMILES string of the molecule is CC12OC(=N)C(C#N)(C1Cc1ccccc1)C(C#N)(C#N)C(c1cc(Br)cs1)O2. The maximum absolute atomic E-state index is 10.3. The van der Waals surface area contributed by atoms with Crippen LogP contribution in [-0.4, -0.2) is 11.7 Å². The average Bonchev–Trinajstić information content (AvgIpc) is 3.21. The molecule has 1 aromatic heterocycles. The maximum atomic E-state index is 10.3. The predicted molar refractivity (Wildman–Crippen MR) is 108 cm³/mol. The molecule has 29 heavy (non-hydrogen) atoms. The number of ether oxygens (including phenoxy) is 2. The van der Waals surface area contributed by atoms with Crippen molar-refractivity contribution in [1.82, 2.24) is 0 Å². The zero-order chi connectivity index (χ0) is 20.9. The van der Waals surface area contributed by atoms with Gasteiger partial charge >= 0.3 is 0 Å². The Kier molecular flexibility index (Phi) is 4.52. The molecule has 0 saturated carbocycles. The normalized spacial score (nSPS) is 31.9. The molecule has 1 aromatic carbocycles. The van der Waals surface area contributed by atoms with Gasteiger partial charge in [0.05, 0.1) is 24.1 Å². The van der Waals surface area contributed by atoms with E-state index in [4.69, 9.17) is 14.9 Å². The number of nitrogens with one attached hydrogen (secondary N) is 1. The maximum Gasteiger partial charge on any atom is 0.215 e. The van der Waals surface area contributed by atoms with Gasteiger partial charge in [0.25, 0.3) is 0 Å². The molecule has 6 nitrogen and oxygen atoms in total. The summed E-state index contributed by atoms with van der Waals surface area (Å²) in [7, 11) is 0. The third kappa shape index (κ3) is 2.49. The summed E-state index contributed by atoms with van der Waals surface area (Å²) in [6.07, 6.45) is -0.687. The Morgan fingerprint density at radius 3 is 2.41 bits per heavy atom. The fourth-order valence-corrected chi connectivity index (χ4v) is 5.99. The largest absolute Gasteiger partial charge is 0.448 e. The zero-order valence-electron chi connectivity index (χ0n) is 15.3. The van der Waals surface area contributed by atoms with E-state index in [1.54, 1.807) is 13.0 Å². The van der Waals surface area contributed by atoms with Gasteiger partial charge in [-0.1, -0.05) is 30.3 Å². The fourth-order valence-electron chi connectivity index (χ4n) is 4.46. The number of thiophene rings is 1. The van der Waals surface area contributed by atoms with Crippen molar-refractivity contribution in [3.8, 4) is 18.2 Å². The van der Waals surface area contributed by atoms with Gasteiger partial charge in [-0.05, 0) is 34.0 Å². The van der Waals surface area contributed by atoms with E-state index in [2.05, 4.69) is 34.1 Å². The van der Waals surface area contributed by atoms with Gasteiger partial charge in [0.1, 0.15) is 6.10 Å². The van der Waals surface area contributed by atoms with Crippen LogP contribution < -0.4 is 0 Å². The van der Waals surface area contributed by atoms with Gasteiger partial charge in [0.2, 0.25) is 17.1 Å². The van der Waals surface area contributed by atoms with Gasteiger partial charge in [-0.3, -0.25) is 5.41 Å². The van der Waals surface area contributed by atoms with E-state index in [0.717, 1.165) is 10.0 Å². The van der Waals surface area contributed by atoms with E-state index in [9.17, 15) is 15.8 Å². The lowest BCUT2D eigenvalue weighted by molar-refractivity contribution is -0.271. The molecule has 0 radical (unpaired) electrons. The van der Waals surface area contributed by atoms with Crippen molar-refractivity contribution in [2.75, 3.05) is 0 Å². The van der Waals surface area contributed by atoms with Gasteiger partial charge in [0.15, 0.2) is 5.41 Å². The number of fused-ring (bicyclic) bond motifs is 2. The first-order valence-electron chi connectivity index (χ1n) is 8.84. The first-order chi connectivity index (χ1) is 13.9. The molecule has 4 unspecified atom stereocenters. The Morgan fingerprint density at radius 1 is 1.17 bits per heavy atom. The van der Waals surface area contributed by atoms with Crippen molar-refractivity contribution < 1.29 is 9.47 Å². The van der Waals surface area contributed by atoms with Crippen LogP contribution in [0.4, 0.5) is 0 Å². The molecule has 2 fully saturated rings. The summed E-state index contributed by atoms with van der Waals surface area (Å²) in [5.41, 5.74) is -2.79. The van der Waals surface area contributed by atoms with Crippen LogP contribution in [0.15, 0.2) is 46.3 Å². The second-order valence-electron chi connectivity index (χ2n) is 7.31. The minimum absolute atomic E-state index is 0.333. The predicted octanol–water partition coefficient (Wildman–Crippen LogP) is 4.71. The lowest BCUT2D eigenvalue weighted by Gasteiger charge is -2.48. The number of rotatable bonds is 3. The van der Waals surface area contributed by atoms with Crippen LogP contribution in [0.2, 0.25) is 0 Å². The quantitative estimate of drug-likeness (QED) is 0.703. The molecule has 1 N–H and O–H groups in total. The van der Waals surface area contributed by atoms with Crippen LogP contribution in [0.25, 0.3) is 0 Å². The number of hydrogen-bond donors (Lipinski definition) is 1. The third-order valence-electron chi connectivity index (χ3n) is 5.84. The van der Waals surface area contributed by atoms with Crippen LogP contribution in [0, 0.1) is 56.2 Å². The second-order valence-corrected chi connectivity index (χ2v) is 9.16. The Labute approximate surface area is 180 Å². The minimum atomic E-state index is -1.93. The Hall–Kier alpha value is -2.70. The molecular weight excluding hydrogens is 452 g/mol. The van der Waals surface area contributed by atoms with E-state index in [0.29, 0.717) is 11.3 Å². The standard InChI is InChI=1S/C21H15BrN4O2S/c1-19-16(7-13-5-3-2-4-6-13)21(12-25,18(26)28-19)20(10-23,11-24)17(27-19)15-8-14(22)9-29-15/h2-6,8-9,16-17,26H,7H2,1H3. The Bertz CT molecular complexity index is 1100. The van der Waals surface area contributed by atoms with Gasteiger partial charge in [-0.25, -0.2) is 0 Å². The summed E-state index contributed by atoms with van der Waals surface area (Å²) >= 11 is 4.71. The van der Waals surface area contributed by atoms with Crippen LogP contribution in [0.5, 0.6) is 0 Å². The third-order valence-corrected chi connectivity index (χ3v) is 7.58. The first kappa shape index (κ1) is 19.6. The Balaban J connectivity index is 1.94. The van der Waals surface area contributed by atoms with Gasteiger partial charge in [-0.2, -0.15) is 15.8 Å². The van der Waals surface area contributed by atoms with Gasteiger partial charge in [-0.15, -0.1) is 11.3 Å². The molecular formula is C21H15BrN4O2S. The smallest absolute Gasteiger partial charge is 0.215 e. The minimum Gasteiger partial charge on any atom is -0.448 e. The number of nitrogens with zero attached hydrogens (tertiary/aromatic N) is 3. The highest BCUT2D eigenvalue weighted by molar-refractivity contribution is 9.10. The molecule has 2 aliphatic heterocycles. The first-order valence-corrected chi connectivity index (χ1v) is 10.5. The van der Waals surface area contributed by atoms with E-state index in [1.165, 1.54) is 11.3 Å². The Morgan fingerprint density at radius 2 is 1.86 bits per heavy atom. The summed E-state index contributed by atoms with van der Waals surface area (Å²) in [5.74, 6) is -2.40. The molecule has 2 bridgehead atoms. The zero-order valence-corrected chi connectivity index (χ0v) is 17.8. The molecule has 2 saturated heterocycles.